The number of benzene rings is 3. The van der Waals surface area contributed by atoms with Gasteiger partial charge in [0.15, 0.2) is 0 Å². The number of aromatic nitrogens is 2. The minimum absolute atomic E-state index is 0.0732. The first-order valence-electron chi connectivity index (χ1n) is 14.0. The largest absolute Gasteiger partial charge is 0.272 e. The Kier molecular flexibility index (Phi) is 8.06. The molecular formula is C33H37N3O3S. The number of nitrogens with zero attached hydrogens (tertiary/aromatic N) is 2. The van der Waals surface area contributed by atoms with Gasteiger partial charge in [0.05, 0.1) is 22.3 Å². The SMILES string of the molecule is Cc1ccc(S(=O)(=O)N[C@@H](CC(=O)n2nc3c(c2-c2ccccc2)[C@H](C)CC[C@H]3C(C)C)c2ccccc2)cc1. The molecule has 3 aromatic carbocycles. The van der Waals surface area contributed by atoms with Gasteiger partial charge >= 0.3 is 0 Å². The van der Waals surface area contributed by atoms with Crippen molar-refractivity contribution in [2.24, 2.45) is 5.92 Å². The number of sulfonamides is 1. The Bertz CT molecular complexity index is 1580. The Morgan fingerprint density at radius 1 is 0.950 bits per heavy atom. The molecule has 0 unspecified atom stereocenters. The van der Waals surface area contributed by atoms with Crippen LogP contribution in [0.5, 0.6) is 0 Å². The van der Waals surface area contributed by atoms with Gasteiger partial charge in [-0.2, -0.15) is 9.78 Å². The molecule has 1 aromatic heterocycles. The van der Waals surface area contributed by atoms with Crippen molar-refractivity contribution in [2.75, 3.05) is 0 Å². The highest BCUT2D eigenvalue weighted by molar-refractivity contribution is 7.89. The maximum atomic E-state index is 14.2. The smallest absolute Gasteiger partial charge is 0.249 e. The molecule has 0 aliphatic heterocycles. The molecule has 208 valence electrons. The standard InChI is InChI=1S/C33H37N3O3S/c1-22(2)28-20-17-24(4)31-32(28)34-36(33(31)26-13-9-6-10-14-26)30(37)21-29(25-11-7-5-8-12-25)35-40(38,39)27-18-15-23(3)16-19-27/h5-16,18-19,22,24,28-29,35H,17,20-21H2,1-4H3/t24-,28+,29+/m1/s1. The zero-order valence-electron chi connectivity index (χ0n) is 23.5. The van der Waals surface area contributed by atoms with E-state index in [2.05, 4.69) is 25.5 Å². The van der Waals surface area contributed by atoms with Crippen LogP contribution in [0.1, 0.15) is 85.1 Å². The van der Waals surface area contributed by atoms with Crippen molar-refractivity contribution in [3.8, 4) is 11.3 Å². The monoisotopic (exact) mass is 555 g/mol. The molecule has 0 radical (unpaired) electrons. The van der Waals surface area contributed by atoms with Crippen LogP contribution in [-0.4, -0.2) is 24.1 Å². The summed E-state index contributed by atoms with van der Waals surface area (Å²) < 4.78 is 31.2. The first-order valence-corrected chi connectivity index (χ1v) is 15.5. The summed E-state index contributed by atoms with van der Waals surface area (Å²) in [5.41, 5.74) is 5.60. The van der Waals surface area contributed by atoms with Crippen molar-refractivity contribution in [1.82, 2.24) is 14.5 Å². The summed E-state index contributed by atoms with van der Waals surface area (Å²) in [7, 11) is -3.88. The summed E-state index contributed by atoms with van der Waals surface area (Å²) >= 11 is 0. The van der Waals surface area contributed by atoms with Crippen LogP contribution in [-0.2, 0) is 10.0 Å². The molecule has 0 spiro atoms. The molecule has 0 amide bonds. The maximum absolute atomic E-state index is 14.2. The third-order valence-corrected chi connectivity index (χ3v) is 9.49. The van der Waals surface area contributed by atoms with E-state index in [0.29, 0.717) is 5.92 Å². The second kappa shape index (κ2) is 11.5. The van der Waals surface area contributed by atoms with Gasteiger partial charge in [0.2, 0.25) is 15.9 Å². The molecule has 1 heterocycles. The average Bonchev–Trinajstić information content (AvgIpc) is 3.35. The van der Waals surface area contributed by atoms with Gasteiger partial charge < -0.3 is 0 Å². The minimum Gasteiger partial charge on any atom is -0.272 e. The van der Waals surface area contributed by atoms with Gasteiger partial charge in [0, 0.05) is 23.5 Å². The summed E-state index contributed by atoms with van der Waals surface area (Å²) in [6.45, 7) is 8.53. The van der Waals surface area contributed by atoms with E-state index in [4.69, 9.17) is 5.10 Å². The Morgan fingerprint density at radius 3 is 2.20 bits per heavy atom. The molecule has 0 bridgehead atoms. The van der Waals surface area contributed by atoms with Gasteiger partial charge in [-0.1, -0.05) is 99.1 Å². The Morgan fingerprint density at radius 2 is 1.57 bits per heavy atom. The second-order valence-electron chi connectivity index (χ2n) is 11.2. The van der Waals surface area contributed by atoms with Gasteiger partial charge in [-0.3, -0.25) is 4.79 Å². The Balaban J connectivity index is 1.57. The number of hydrogen-bond acceptors (Lipinski definition) is 4. The summed E-state index contributed by atoms with van der Waals surface area (Å²) in [5.74, 6) is 0.689. The number of fused-ring (bicyclic) bond motifs is 1. The first-order chi connectivity index (χ1) is 19.2. The lowest BCUT2D eigenvalue weighted by Gasteiger charge is -2.28. The van der Waals surface area contributed by atoms with Crippen molar-refractivity contribution < 1.29 is 13.2 Å². The van der Waals surface area contributed by atoms with Gasteiger partial charge in [-0.05, 0) is 49.3 Å². The van der Waals surface area contributed by atoms with Crippen molar-refractivity contribution >= 4 is 15.9 Å². The second-order valence-corrected chi connectivity index (χ2v) is 13.0. The Labute approximate surface area is 237 Å². The zero-order chi connectivity index (χ0) is 28.4. The number of nitrogens with one attached hydrogen (secondary N) is 1. The molecule has 6 nitrogen and oxygen atoms in total. The van der Waals surface area contributed by atoms with Crippen LogP contribution in [0, 0.1) is 12.8 Å². The minimum atomic E-state index is -3.88. The molecule has 1 N–H and O–H groups in total. The first kappa shape index (κ1) is 28.0. The van der Waals surface area contributed by atoms with E-state index >= 15 is 0 Å². The van der Waals surface area contributed by atoms with Crippen LogP contribution >= 0.6 is 0 Å². The predicted octanol–water partition coefficient (Wildman–Crippen LogP) is 7.25. The lowest BCUT2D eigenvalue weighted by atomic mass is 9.75. The van der Waals surface area contributed by atoms with E-state index in [-0.39, 0.29) is 29.1 Å². The molecule has 5 rings (SSSR count). The number of rotatable bonds is 8. The molecule has 7 heteroatoms. The van der Waals surface area contributed by atoms with Crippen LogP contribution in [0.3, 0.4) is 0 Å². The van der Waals surface area contributed by atoms with E-state index in [1.165, 1.54) is 0 Å². The van der Waals surface area contributed by atoms with E-state index in [1.807, 2.05) is 67.6 Å². The van der Waals surface area contributed by atoms with Crippen LogP contribution in [0.25, 0.3) is 11.3 Å². The topological polar surface area (TPSA) is 81.1 Å². The quantitative estimate of drug-likeness (QED) is 0.248. The fourth-order valence-electron chi connectivity index (χ4n) is 5.77. The number of carbonyl (C=O) groups excluding carboxylic acids is 1. The van der Waals surface area contributed by atoms with E-state index in [1.54, 1.807) is 28.9 Å². The van der Waals surface area contributed by atoms with Crippen molar-refractivity contribution in [3.05, 3.63) is 107 Å². The van der Waals surface area contributed by atoms with Crippen LogP contribution in [0.15, 0.2) is 89.8 Å². The highest BCUT2D eigenvalue weighted by Gasteiger charge is 2.36. The van der Waals surface area contributed by atoms with Gasteiger partial charge in [0.1, 0.15) is 0 Å². The highest BCUT2D eigenvalue weighted by atomic mass is 32.2. The number of carbonyl (C=O) groups is 1. The molecule has 0 saturated heterocycles. The van der Waals surface area contributed by atoms with E-state index in [9.17, 15) is 13.2 Å². The molecule has 1 aliphatic rings. The van der Waals surface area contributed by atoms with Crippen LogP contribution in [0.4, 0.5) is 0 Å². The molecule has 40 heavy (non-hydrogen) atoms. The van der Waals surface area contributed by atoms with Crippen LogP contribution in [0.2, 0.25) is 0 Å². The van der Waals surface area contributed by atoms with E-state index in [0.717, 1.165) is 46.5 Å². The van der Waals surface area contributed by atoms with Crippen molar-refractivity contribution in [3.63, 3.8) is 0 Å². The van der Waals surface area contributed by atoms with Crippen molar-refractivity contribution in [1.29, 1.82) is 0 Å². The molecule has 1 aliphatic carbocycles. The predicted molar refractivity (Wildman–Crippen MR) is 159 cm³/mol. The average molecular weight is 556 g/mol. The van der Waals surface area contributed by atoms with Gasteiger partial charge in [-0.15, -0.1) is 0 Å². The molecule has 3 atom stereocenters. The molecule has 0 saturated carbocycles. The maximum Gasteiger partial charge on any atom is 0.249 e. The van der Waals surface area contributed by atoms with E-state index < -0.39 is 16.1 Å². The highest BCUT2D eigenvalue weighted by Crippen LogP contribution is 2.46. The normalized spacial score (nSPS) is 17.9. The van der Waals surface area contributed by atoms with Gasteiger partial charge in [0.25, 0.3) is 0 Å². The summed E-state index contributed by atoms with van der Waals surface area (Å²) in [6.07, 6.45) is 2.00. The fourth-order valence-corrected chi connectivity index (χ4v) is 6.99. The third kappa shape index (κ3) is 5.67. The lowest BCUT2D eigenvalue weighted by molar-refractivity contribution is 0.0877. The van der Waals surface area contributed by atoms with Crippen LogP contribution < -0.4 is 4.72 Å². The van der Waals surface area contributed by atoms with Gasteiger partial charge in [-0.25, -0.2) is 13.1 Å². The number of hydrogen-bond donors (Lipinski definition) is 1. The summed E-state index contributed by atoms with van der Waals surface area (Å²) in [4.78, 5) is 14.3. The number of aryl methyl sites for hydroxylation is 1. The lowest BCUT2D eigenvalue weighted by Crippen LogP contribution is -2.31. The van der Waals surface area contributed by atoms with Crippen molar-refractivity contribution in [2.45, 2.75) is 69.7 Å². The third-order valence-electron chi connectivity index (χ3n) is 8.00. The Hall–Kier alpha value is -3.55. The summed E-state index contributed by atoms with van der Waals surface area (Å²) in [6, 6.07) is 25.2. The molecule has 0 fully saturated rings. The fraction of sp³-hybridized carbons (Fsp3) is 0.333. The zero-order valence-corrected chi connectivity index (χ0v) is 24.4. The molecular weight excluding hydrogens is 518 g/mol. The molecule has 4 aromatic rings. The summed E-state index contributed by atoms with van der Waals surface area (Å²) in [5, 5.41) is 4.98.